The topological polar surface area (TPSA) is 56.7 Å². The SMILES string of the molecule is O=C(c1ccc(Cl)c(N2CCCC2)n1)N1CC(O)(c2ccccc2F)C1. The lowest BCUT2D eigenvalue weighted by Gasteiger charge is -2.46. The van der Waals surface area contributed by atoms with Crippen molar-refractivity contribution in [3.05, 3.63) is 58.5 Å². The van der Waals surface area contributed by atoms with Gasteiger partial charge in [-0.2, -0.15) is 0 Å². The van der Waals surface area contributed by atoms with Crippen molar-refractivity contribution in [1.29, 1.82) is 0 Å². The van der Waals surface area contributed by atoms with E-state index in [9.17, 15) is 14.3 Å². The van der Waals surface area contributed by atoms with Crippen LogP contribution in [0.1, 0.15) is 28.9 Å². The van der Waals surface area contributed by atoms with Crippen molar-refractivity contribution in [2.24, 2.45) is 0 Å². The highest BCUT2D eigenvalue weighted by Gasteiger charge is 2.46. The van der Waals surface area contributed by atoms with Crippen LogP contribution in [-0.2, 0) is 5.60 Å². The second kappa shape index (κ2) is 6.52. The van der Waals surface area contributed by atoms with Gasteiger partial charge in [-0.3, -0.25) is 4.79 Å². The summed E-state index contributed by atoms with van der Waals surface area (Å²) in [5.41, 5.74) is -0.858. The Morgan fingerprint density at radius 2 is 1.85 bits per heavy atom. The minimum absolute atomic E-state index is 0.0378. The first-order chi connectivity index (χ1) is 12.5. The number of carbonyl (C=O) groups excluding carboxylic acids is 1. The molecule has 5 nitrogen and oxygen atoms in total. The van der Waals surface area contributed by atoms with Crippen molar-refractivity contribution in [1.82, 2.24) is 9.88 Å². The Bertz CT molecular complexity index is 848. The van der Waals surface area contributed by atoms with Crippen LogP contribution in [0.4, 0.5) is 10.2 Å². The predicted octanol–water partition coefficient (Wildman–Crippen LogP) is 2.82. The maximum absolute atomic E-state index is 13.9. The molecule has 0 bridgehead atoms. The van der Waals surface area contributed by atoms with Gasteiger partial charge in [-0.05, 0) is 31.0 Å². The highest BCUT2D eigenvalue weighted by Crippen LogP contribution is 2.35. The van der Waals surface area contributed by atoms with Gasteiger partial charge in [0.15, 0.2) is 0 Å². The van der Waals surface area contributed by atoms with Crippen molar-refractivity contribution >= 4 is 23.3 Å². The van der Waals surface area contributed by atoms with Gasteiger partial charge < -0.3 is 14.9 Å². The van der Waals surface area contributed by atoms with Crippen molar-refractivity contribution in [3.63, 3.8) is 0 Å². The first kappa shape index (κ1) is 17.2. The molecule has 3 heterocycles. The summed E-state index contributed by atoms with van der Waals surface area (Å²) in [7, 11) is 0. The van der Waals surface area contributed by atoms with Crippen LogP contribution in [-0.4, -0.2) is 47.1 Å². The van der Waals surface area contributed by atoms with Crippen molar-refractivity contribution < 1.29 is 14.3 Å². The normalized spacial score (nSPS) is 18.7. The zero-order valence-electron chi connectivity index (χ0n) is 14.2. The Hall–Kier alpha value is -2.18. The summed E-state index contributed by atoms with van der Waals surface area (Å²) in [4.78, 5) is 20.7. The molecular formula is C19H19ClFN3O2. The van der Waals surface area contributed by atoms with Crippen LogP contribution in [0.5, 0.6) is 0 Å². The van der Waals surface area contributed by atoms with E-state index < -0.39 is 11.4 Å². The van der Waals surface area contributed by atoms with Gasteiger partial charge in [0.25, 0.3) is 5.91 Å². The summed E-state index contributed by atoms with van der Waals surface area (Å²) in [5.74, 6) is -0.133. The minimum Gasteiger partial charge on any atom is -0.381 e. The number of aliphatic hydroxyl groups is 1. The molecule has 0 radical (unpaired) electrons. The van der Waals surface area contributed by atoms with Gasteiger partial charge in [0, 0.05) is 18.7 Å². The van der Waals surface area contributed by atoms with Crippen molar-refractivity contribution in [3.8, 4) is 0 Å². The maximum Gasteiger partial charge on any atom is 0.272 e. The first-order valence-electron chi connectivity index (χ1n) is 8.66. The standard InChI is InChI=1S/C19H19ClFN3O2/c20-14-7-8-16(22-17(14)23-9-3-4-10-23)18(25)24-11-19(26,12-24)13-5-1-2-6-15(13)21/h1-2,5-8,26H,3-4,9-12H2. The van der Waals surface area contributed by atoms with E-state index in [1.54, 1.807) is 30.3 Å². The van der Waals surface area contributed by atoms with Crippen LogP contribution in [0.2, 0.25) is 5.02 Å². The molecule has 0 spiro atoms. The molecular weight excluding hydrogens is 357 g/mol. The van der Waals surface area contributed by atoms with Crippen LogP contribution in [0.15, 0.2) is 36.4 Å². The highest BCUT2D eigenvalue weighted by atomic mass is 35.5. The van der Waals surface area contributed by atoms with Gasteiger partial charge >= 0.3 is 0 Å². The molecule has 1 amide bonds. The quantitative estimate of drug-likeness (QED) is 0.896. The van der Waals surface area contributed by atoms with E-state index >= 15 is 0 Å². The van der Waals surface area contributed by atoms with E-state index in [0.717, 1.165) is 25.9 Å². The molecule has 0 atom stereocenters. The number of benzene rings is 1. The van der Waals surface area contributed by atoms with Crippen LogP contribution in [0.25, 0.3) is 0 Å². The molecule has 1 aromatic carbocycles. The average molecular weight is 376 g/mol. The summed E-state index contributed by atoms with van der Waals surface area (Å²) in [6.45, 7) is 1.83. The molecule has 0 aliphatic carbocycles. The third-order valence-electron chi connectivity index (χ3n) is 5.02. The number of anilines is 1. The molecule has 2 fully saturated rings. The lowest BCUT2D eigenvalue weighted by Crippen LogP contribution is -2.61. The second-order valence-electron chi connectivity index (χ2n) is 6.87. The molecule has 1 N–H and O–H groups in total. The van der Waals surface area contributed by atoms with E-state index in [0.29, 0.717) is 10.8 Å². The van der Waals surface area contributed by atoms with Crippen molar-refractivity contribution in [2.45, 2.75) is 18.4 Å². The zero-order chi connectivity index (χ0) is 18.3. The number of hydrogen-bond acceptors (Lipinski definition) is 4. The van der Waals surface area contributed by atoms with Crippen molar-refractivity contribution in [2.75, 3.05) is 31.1 Å². The molecule has 2 aliphatic heterocycles. The summed E-state index contributed by atoms with van der Waals surface area (Å²) in [5, 5.41) is 11.1. The van der Waals surface area contributed by atoms with Crippen LogP contribution < -0.4 is 4.90 Å². The van der Waals surface area contributed by atoms with Gasteiger partial charge in [0.1, 0.15) is 22.9 Å². The number of rotatable bonds is 3. The zero-order valence-corrected chi connectivity index (χ0v) is 14.9. The number of halogens is 2. The Kier molecular flexibility index (Phi) is 4.32. The average Bonchev–Trinajstić information content (AvgIpc) is 3.13. The maximum atomic E-state index is 13.9. The van der Waals surface area contributed by atoms with Gasteiger partial charge in [-0.1, -0.05) is 29.8 Å². The Morgan fingerprint density at radius 3 is 2.54 bits per heavy atom. The number of hydrogen-bond donors (Lipinski definition) is 1. The fourth-order valence-corrected chi connectivity index (χ4v) is 3.83. The Labute approximate surface area is 156 Å². The third kappa shape index (κ3) is 2.93. The van der Waals surface area contributed by atoms with E-state index in [-0.39, 0.29) is 30.3 Å². The number of nitrogens with zero attached hydrogens (tertiary/aromatic N) is 3. The minimum atomic E-state index is -1.36. The van der Waals surface area contributed by atoms with E-state index in [4.69, 9.17) is 11.6 Å². The van der Waals surface area contributed by atoms with Gasteiger partial charge in [-0.25, -0.2) is 9.37 Å². The molecule has 7 heteroatoms. The number of likely N-dealkylation sites (tertiary alicyclic amines) is 1. The fraction of sp³-hybridized carbons (Fsp3) is 0.368. The largest absolute Gasteiger partial charge is 0.381 e. The number of amides is 1. The molecule has 0 saturated carbocycles. The second-order valence-corrected chi connectivity index (χ2v) is 7.28. The fourth-order valence-electron chi connectivity index (χ4n) is 3.60. The predicted molar refractivity (Wildman–Crippen MR) is 96.9 cm³/mol. The molecule has 136 valence electrons. The first-order valence-corrected chi connectivity index (χ1v) is 9.04. The summed E-state index contributed by atoms with van der Waals surface area (Å²) in [6.07, 6.45) is 2.16. The molecule has 2 aromatic rings. The van der Waals surface area contributed by atoms with Crippen LogP contribution in [0, 0.1) is 5.82 Å². The summed E-state index contributed by atoms with van der Waals surface area (Å²) in [6, 6.07) is 9.36. The third-order valence-corrected chi connectivity index (χ3v) is 5.31. The molecule has 2 saturated heterocycles. The van der Waals surface area contributed by atoms with Crippen LogP contribution in [0.3, 0.4) is 0 Å². The Balaban J connectivity index is 1.51. The molecule has 2 aliphatic rings. The Morgan fingerprint density at radius 1 is 1.15 bits per heavy atom. The van der Waals surface area contributed by atoms with E-state index in [2.05, 4.69) is 9.88 Å². The number of aromatic nitrogens is 1. The molecule has 4 rings (SSSR count). The summed E-state index contributed by atoms with van der Waals surface area (Å²) < 4.78 is 13.9. The molecule has 26 heavy (non-hydrogen) atoms. The smallest absolute Gasteiger partial charge is 0.272 e. The van der Waals surface area contributed by atoms with Gasteiger partial charge in [0.05, 0.1) is 18.1 Å². The number of β-amino-alcohol motifs (C(OH)–C–C–N with tert-alkyl or cyclic N) is 1. The monoisotopic (exact) mass is 375 g/mol. The highest BCUT2D eigenvalue weighted by molar-refractivity contribution is 6.33. The molecule has 0 unspecified atom stereocenters. The lowest BCUT2D eigenvalue weighted by molar-refractivity contribution is -0.0885. The lowest BCUT2D eigenvalue weighted by atomic mass is 9.85. The van der Waals surface area contributed by atoms with Crippen LogP contribution >= 0.6 is 11.6 Å². The van der Waals surface area contributed by atoms with E-state index in [1.165, 1.54) is 11.0 Å². The number of carbonyl (C=O) groups is 1. The summed E-state index contributed by atoms with van der Waals surface area (Å²) >= 11 is 6.24. The van der Waals surface area contributed by atoms with Gasteiger partial charge in [0.2, 0.25) is 0 Å². The number of pyridine rings is 1. The van der Waals surface area contributed by atoms with E-state index in [1.807, 2.05) is 0 Å². The molecule has 1 aromatic heterocycles. The van der Waals surface area contributed by atoms with Gasteiger partial charge in [-0.15, -0.1) is 0 Å².